The van der Waals surface area contributed by atoms with Gasteiger partial charge in [0.1, 0.15) is 5.75 Å². The van der Waals surface area contributed by atoms with Gasteiger partial charge in [-0.15, -0.1) is 0 Å². The van der Waals surface area contributed by atoms with E-state index in [-0.39, 0.29) is 18.3 Å². The van der Waals surface area contributed by atoms with E-state index in [1.54, 1.807) is 24.3 Å². The Bertz CT molecular complexity index is 555. The summed E-state index contributed by atoms with van der Waals surface area (Å²) in [6.45, 7) is 4.96. The van der Waals surface area contributed by atoms with Gasteiger partial charge >= 0.3 is 0 Å². The van der Waals surface area contributed by atoms with Gasteiger partial charge in [-0.2, -0.15) is 0 Å². The van der Waals surface area contributed by atoms with Crippen molar-refractivity contribution in [1.82, 2.24) is 5.32 Å². The standard InChI is InChI=1S/C15H21N3O3/c1-15(2)7-10(15)8-17-13(19)9-21-12-6-4-3-5-11(12)14(16)18-20/h3-6,10,20H,7-9H2,1-2H3,(H2,16,18)(H,17,19). The van der Waals surface area contributed by atoms with Crippen LogP contribution in [-0.2, 0) is 4.79 Å². The lowest BCUT2D eigenvalue weighted by molar-refractivity contribution is -0.123. The number of hydrogen-bond acceptors (Lipinski definition) is 4. The Morgan fingerprint density at radius 3 is 2.81 bits per heavy atom. The van der Waals surface area contributed by atoms with Crippen LogP contribution in [0.15, 0.2) is 29.4 Å². The molecule has 1 aromatic carbocycles. The molecule has 0 spiro atoms. The van der Waals surface area contributed by atoms with Gasteiger partial charge in [-0.25, -0.2) is 0 Å². The number of ether oxygens (including phenoxy) is 1. The third-order valence-electron chi connectivity index (χ3n) is 3.89. The molecular weight excluding hydrogens is 270 g/mol. The topological polar surface area (TPSA) is 96.9 Å². The lowest BCUT2D eigenvalue weighted by Gasteiger charge is -2.11. The molecule has 1 aromatic rings. The molecule has 1 amide bonds. The van der Waals surface area contributed by atoms with E-state index in [1.165, 1.54) is 0 Å². The summed E-state index contributed by atoms with van der Waals surface area (Å²) in [5.41, 5.74) is 6.35. The molecular formula is C15H21N3O3. The van der Waals surface area contributed by atoms with Crippen molar-refractivity contribution >= 4 is 11.7 Å². The summed E-state index contributed by atoms with van der Waals surface area (Å²) in [5.74, 6) is 0.735. The van der Waals surface area contributed by atoms with E-state index >= 15 is 0 Å². The van der Waals surface area contributed by atoms with E-state index in [0.717, 1.165) is 6.42 Å². The van der Waals surface area contributed by atoms with Crippen LogP contribution in [0.25, 0.3) is 0 Å². The molecule has 1 fully saturated rings. The zero-order valence-electron chi connectivity index (χ0n) is 12.3. The molecule has 0 aliphatic heterocycles. The second-order valence-electron chi connectivity index (χ2n) is 5.96. The molecule has 0 saturated heterocycles. The number of hydrogen-bond donors (Lipinski definition) is 3. The van der Waals surface area contributed by atoms with Crippen molar-refractivity contribution in [2.45, 2.75) is 20.3 Å². The van der Waals surface area contributed by atoms with Gasteiger partial charge in [-0.3, -0.25) is 4.79 Å². The number of oxime groups is 1. The largest absolute Gasteiger partial charge is 0.483 e. The lowest BCUT2D eigenvalue weighted by Crippen LogP contribution is -2.31. The van der Waals surface area contributed by atoms with Gasteiger partial charge in [0.15, 0.2) is 12.4 Å². The Kier molecular flexibility index (Phi) is 4.35. The summed E-state index contributed by atoms with van der Waals surface area (Å²) in [4.78, 5) is 11.8. The van der Waals surface area contributed by atoms with Crippen LogP contribution in [0.2, 0.25) is 0 Å². The fourth-order valence-electron chi connectivity index (χ4n) is 2.21. The van der Waals surface area contributed by atoms with Crippen LogP contribution in [0.5, 0.6) is 5.75 Å². The molecule has 2 rings (SSSR count). The van der Waals surface area contributed by atoms with Gasteiger partial charge in [0.2, 0.25) is 0 Å². The van der Waals surface area contributed by atoms with Gasteiger partial charge in [-0.05, 0) is 29.9 Å². The fraction of sp³-hybridized carbons (Fsp3) is 0.467. The molecule has 0 aromatic heterocycles. The van der Waals surface area contributed by atoms with Gasteiger partial charge in [0.05, 0.1) is 5.56 Å². The molecule has 6 heteroatoms. The zero-order chi connectivity index (χ0) is 15.5. The first-order valence-corrected chi connectivity index (χ1v) is 6.90. The molecule has 4 N–H and O–H groups in total. The summed E-state index contributed by atoms with van der Waals surface area (Å²) >= 11 is 0. The second-order valence-corrected chi connectivity index (χ2v) is 5.96. The molecule has 1 aliphatic rings. The zero-order valence-corrected chi connectivity index (χ0v) is 12.3. The third kappa shape index (κ3) is 3.87. The maximum Gasteiger partial charge on any atom is 0.257 e. The molecule has 21 heavy (non-hydrogen) atoms. The van der Waals surface area contributed by atoms with Gasteiger partial charge in [0.25, 0.3) is 5.91 Å². The molecule has 0 bridgehead atoms. The van der Waals surface area contributed by atoms with Gasteiger partial charge < -0.3 is 21.0 Å². The van der Waals surface area contributed by atoms with Crippen LogP contribution < -0.4 is 15.8 Å². The van der Waals surface area contributed by atoms with Crippen LogP contribution in [0.1, 0.15) is 25.8 Å². The minimum absolute atomic E-state index is 0.0502. The Hall–Kier alpha value is -2.24. The molecule has 114 valence electrons. The van der Waals surface area contributed by atoms with Crippen molar-refractivity contribution in [1.29, 1.82) is 0 Å². The fourth-order valence-corrected chi connectivity index (χ4v) is 2.21. The van der Waals surface area contributed by atoms with E-state index in [0.29, 0.717) is 29.2 Å². The van der Waals surface area contributed by atoms with Crippen molar-refractivity contribution in [2.24, 2.45) is 22.2 Å². The summed E-state index contributed by atoms with van der Waals surface area (Å²) in [6.07, 6.45) is 1.14. The van der Waals surface area contributed by atoms with Crippen LogP contribution in [0.3, 0.4) is 0 Å². The highest BCUT2D eigenvalue weighted by Crippen LogP contribution is 2.50. The number of nitrogens with one attached hydrogen (secondary N) is 1. The minimum atomic E-state index is -0.174. The normalized spacial score (nSPS) is 19.9. The summed E-state index contributed by atoms with van der Waals surface area (Å²) in [5, 5.41) is 14.5. The Morgan fingerprint density at radius 1 is 1.52 bits per heavy atom. The second kappa shape index (κ2) is 6.03. The van der Waals surface area contributed by atoms with Crippen molar-refractivity contribution in [3.63, 3.8) is 0 Å². The van der Waals surface area contributed by atoms with Crippen molar-refractivity contribution in [3.8, 4) is 5.75 Å². The van der Waals surface area contributed by atoms with Gasteiger partial charge in [-0.1, -0.05) is 31.1 Å². The summed E-state index contributed by atoms with van der Waals surface area (Å²) < 4.78 is 5.44. The number of amidine groups is 1. The quantitative estimate of drug-likeness (QED) is 0.319. The monoisotopic (exact) mass is 291 g/mol. The number of nitrogens with two attached hydrogens (primary N) is 1. The van der Waals surface area contributed by atoms with E-state index in [9.17, 15) is 4.79 Å². The summed E-state index contributed by atoms with van der Waals surface area (Å²) in [6, 6.07) is 6.84. The number of carbonyl (C=O) groups excluding carboxylic acids is 1. The SMILES string of the molecule is CC1(C)CC1CNC(=O)COc1ccccc1/C(N)=N/O. The Balaban J connectivity index is 1.84. The van der Waals surface area contributed by atoms with Crippen molar-refractivity contribution in [3.05, 3.63) is 29.8 Å². The lowest BCUT2D eigenvalue weighted by atomic mass is 10.1. The maximum atomic E-state index is 11.8. The average molecular weight is 291 g/mol. The molecule has 1 saturated carbocycles. The predicted molar refractivity (Wildman–Crippen MR) is 79.3 cm³/mol. The molecule has 0 radical (unpaired) electrons. The van der Waals surface area contributed by atoms with E-state index in [1.807, 2.05) is 0 Å². The van der Waals surface area contributed by atoms with Crippen LogP contribution in [-0.4, -0.2) is 30.1 Å². The highest BCUT2D eigenvalue weighted by molar-refractivity contribution is 5.99. The number of rotatable bonds is 6. The summed E-state index contributed by atoms with van der Waals surface area (Å²) in [7, 11) is 0. The minimum Gasteiger partial charge on any atom is -0.483 e. The molecule has 1 atom stereocenters. The van der Waals surface area contributed by atoms with E-state index in [2.05, 4.69) is 24.3 Å². The number of amides is 1. The number of nitrogens with zero attached hydrogens (tertiary/aromatic N) is 1. The Labute approximate surface area is 124 Å². The van der Waals surface area contributed by atoms with Gasteiger partial charge in [0, 0.05) is 6.54 Å². The molecule has 1 aliphatic carbocycles. The maximum absolute atomic E-state index is 11.8. The van der Waals surface area contributed by atoms with E-state index < -0.39 is 0 Å². The number of carbonyl (C=O) groups is 1. The first-order valence-electron chi connectivity index (χ1n) is 6.90. The van der Waals surface area contributed by atoms with Crippen LogP contribution in [0, 0.1) is 11.3 Å². The number of para-hydroxylation sites is 1. The first kappa shape index (κ1) is 15.2. The average Bonchev–Trinajstić information content (AvgIpc) is 3.09. The number of benzene rings is 1. The predicted octanol–water partition coefficient (Wildman–Crippen LogP) is 1.32. The third-order valence-corrected chi connectivity index (χ3v) is 3.89. The van der Waals surface area contributed by atoms with Crippen LogP contribution in [0.4, 0.5) is 0 Å². The highest BCUT2D eigenvalue weighted by Gasteiger charge is 2.45. The van der Waals surface area contributed by atoms with Crippen molar-refractivity contribution in [2.75, 3.05) is 13.2 Å². The smallest absolute Gasteiger partial charge is 0.257 e. The van der Waals surface area contributed by atoms with Crippen LogP contribution >= 0.6 is 0 Å². The first-order chi connectivity index (χ1) is 9.94. The molecule has 0 heterocycles. The van der Waals surface area contributed by atoms with E-state index in [4.69, 9.17) is 15.7 Å². The van der Waals surface area contributed by atoms with Crippen molar-refractivity contribution < 1.29 is 14.7 Å². The Morgan fingerprint density at radius 2 is 2.19 bits per heavy atom. The molecule has 1 unspecified atom stereocenters. The molecule has 6 nitrogen and oxygen atoms in total. The highest BCUT2D eigenvalue weighted by atomic mass is 16.5.